The summed E-state index contributed by atoms with van der Waals surface area (Å²) in [6, 6.07) is 3.44. The predicted octanol–water partition coefficient (Wildman–Crippen LogP) is 2.10. The maximum atomic E-state index is 12.6. The van der Waals surface area contributed by atoms with E-state index in [1.807, 2.05) is 0 Å². The second-order valence-corrected chi connectivity index (χ2v) is 8.06. The van der Waals surface area contributed by atoms with E-state index in [0.717, 1.165) is 12.8 Å². The largest absolute Gasteiger partial charge is 0.372 e. The molecule has 0 spiro atoms. The van der Waals surface area contributed by atoms with Crippen molar-refractivity contribution in [1.29, 1.82) is 0 Å². The molecule has 2 fully saturated rings. The van der Waals surface area contributed by atoms with Gasteiger partial charge < -0.3 is 4.74 Å². The van der Waals surface area contributed by atoms with Crippen molar-refractivity contribution < 1.29 is 13.2 Å². The average molecular weight is 299 g/mol. The van der Waals surface area contributed by atoms with E-state index in [2.05, 4.69) is 6.58 Å². The van der Waals surface area contributed by atoms with Crippen LogP contribution in [0.2, 0.25) is 0 Å². The van der Waals surface area contributed by atoms with Crippen LogP contribution in [0.15, 0.2) is 34.4 Å². The number of nitrogens with zero attached hydrogens (tertiary/aromatic N) is 1. The lowest BCUT2D eigenvalue weighted by Gasteiger charge is -2.25. The highest BCUT2D eigenvalue weighted by Crippen LogP contribution is 2.43. The Balaban J connectivity index is 1.83. The first-order chi connectivity index (χ1) is 9.14. The number of hydrogen-bond acceptors (Lipinski definition) is 4. The summed E-state index contributed by atoms with van der Waals surface area (Å²) in [5.74, 6) is 0.333. The van der Waals surface area contributed by atoms with Gasteiger partial charge in [0.25, 0.3) is 10.0 Å². The summed E-state index contributed by atoms with van der Waals surface area (Å²) in [5.41, 5.74) is 0. The summed E-state index contributed by atoms with van der Waals surface area (Å²) >= 11 is 1.28. The van der Waals surface area contributed by atoms with Gasteiger partial charge in [-0.3, -0.25) is 0 Å². The van der Waals surface area contributed by atoms with Crippen molar-refractivity contribution in [2.75, 3.05) is 13.2 Å². The highest BCUT2D eigenvalue weighted by molar-refractivity contribution is 7.91. The van der Waals surface area contributed by atoms with E-state index >= 15 is 0 Å². The van der Waals surface area contributed by atoms with E-state index < -0.39 is 10.0 Å². The number of thiophene rings is 1. The molecule has 6 heteroatoms. The minimum atomic E-state index is -3.34. The van der Waals surface area contributed by atoms with Crippen LogP contribution in [-0.2, 0) is 14.8 Å². The van der Waals surface area contributed by atoms with Crippen LogP contribution in [0.5, 0.6) is 0 Å². The molecule has 0 N–H and O–H groups in total. The minimum Gasteiger partial charge on any atom is -0.372 e. The molecule has 3 atom stereocenters. The molecule has 1 aliphatic heterocycles. The van der Waals surface area contributed by atoms with Crippen molar-refractivity contribution >= 4 is 21.4 Å². The van der Waals surface area contributed by atoms with Crippen molar-refractivity contribution in [3.63, 3.8) is 0 Å². The van der Waals surface area contributed by atoms with Gasteiger partial charge in [0.2, 0.25) is 0 Å². The standard InChI is InChI=1S/C13H17NO3S2/c1-2-7-17-13-10-5-6-11(13)14(9-10)19(15,16)12-4-3-8-18-12/h2-4,8,10-11,13H,1,5-7,9H2/t10-,11+,13-/m0/s1. The molecule has 0 amide bonds. The fourth-order valence-corrected chi connectivity index (χ4v) is 5.97. The fourth-order valence-electron chi connectivity index (χ4n) is 3.13. The Bertz CT molecular complexity index is 552. The lowest BCUT2D eigenvalue weighted by molar-refractivity contribution is 0.0529. The van der Waals surface area contributed by atoms with Crippen LogP contribution in [0, 0.1) is 5.92 Å². The van der Waals surface area contributed by atoms with Gasteiger partial charge in [0.15, 0.2) is 0 Å². The lowest BCUT2D eigenvalue weighted by Crippen LogP contribution is -2.39. The minimum absolute atomic E-state index is 0.00273. The van der Waals surface area contributed by atoms with E-state index in [1.165, 1.54) is 11.3 Å². The van der Waals surface area contributed by atoms with Crippen LogP contribution in [0.1, 0.15) is 12.8 Å². The van der Waals surface area contributed by atoms with Crippen molar-refractivity contribution in [2.24, 2.45) is 5.92 Å². The molecule has 0 radical (unpaired) electrons. The van der Waals surface area contributed by atoms with Gasteiger partial charge in [0, 0.05) is 12.5 Å². The molecule has 19 heavy (non-hydrogen) atoms. The van der Waals surface area contributed by atoms with E-state index in [1.54, 1.807) is 27.9 Å². The Morgan fingerprint density at radius 2 is 2.37 bits per heavy atom. The van der Waals surface area contributed by atoms with Gasteiger partial charge in [0.05, 0.1) is 18.8 Å². The predicted molar refractivity (Wildman–Crippen MR) is 74.7 cm³/mol. The second-order valence-electron chi connectivity index (χ2n) is 5.00. The first-order valence-electron chi connectivity index (χ1n) is 6.42. The van der Waals surface area contributed by atoms with Gasteiger partial charge in [-0.15, -0.1) is 17.9 Å². The van der Waals surface area contributed by atoms with Gasteiger partial charge in [-0.05, 0) is 24.3 Å². The lowest BCUT2D eigenvalue weighted by atomic mass is 10.1. The number of piperidine rings is 1. The van der Waals surface area contributed by atoms with Crippen LogP contribution in [0.4, 0.5) is 0 Å². The maximum absolute atomic E-state index is 12.6. The molecule has 4 nitrogen and oxygen atoms in total. The normalized spacial score (nSPS) is 30.8. The monoisotopic (exact) mass is 299 g/mol. The van der Waals surface area contributed by atoms with Gasteiger partial charge in [-0.1, -0.05) is 12.1 Å². The van der Waals surface area contributed by atoms with Crippen molar-refractivity contribution in [2.45, 2.75) is 29.2 Å². The van der Waals surface area contributed by atoms with E-state index in [9.17, 15) is 8.42 Å². The molecule has 1 saturated carbocycles. The number of fused-ring (bicyclic) bond motifs is 2. The van der Waals surface area contributed by atoms with E-state index in [-0.39, 0.29) is 12.1 Å². The van der Waals surface area contributed by atoms with E-state index in [0.29, 0.717) is 23.3 Å². The third kappa shape index (κ3) is 2.16. The third-order valence-corrected chi connectivity index (χ3v) is 7.19. The van der Waals surface area contributed by atoms with Crippen LogP contribution in [0.3, 0.4) is 0 Å². The molecule has 1 aromatic rings. The number of rotatable bonds is 5. The van der Waals surface area contributed by atoms with Gasteiger partial charge >= 0.3 is 0 Å². The molecule has 1 aromatic heterocycles. The average Bonchev–Trinajstić information content (AvgIpc) is 3.12. The van der Waals surface area contributed by atoms with Gasteiger partial charge in [-0.2, -0.15) is 4.31 Å². The molecule has 2 aliphatic rings. The topological polar surface area (TPSA) is 46.6 Å². The zero-order chi connectivity index (χ0) is 13.5. The summed E-state index contributed by atoms with van der Waals surface area (Å²) < 4.78 is 33.0. The summed E-state index contributed by atoms with van der Waals surface area (Å²) in [6.45, 7) is 4.73. The molecule has 1 saturated heterocycles. The van der Waals surface area contributed by atoms with Crippen LogP contribution < -0.4 is 0 Å². The first-order valence-corrected chi connectivity index (χ1v) is 8.74. The van der Waals surface area contributed by atoms with Crippen molar-refractivity contribution in [3.05, 3.63) is 30.2 Å². The second kappa shape index (κ2) is 5.01. The van der Waals surface area contributed by atoms with Crippen molar-refractivity contribution in [1.82, 2.24) is 4.31 Å². The fraction of sp³-hybridized carbons (Fsp3) is 0.538. The number of hydrogen-bond donors (Lipinski definition) is 0. The van der Waals surface area contributed by atoms with Gasteiger partial charge in [-0.25, -0.2) is 8.42 Å². The Morgan fingerprint density at radius 1 is 1.53 bits per heavy atom. The Hall–Kier alpha value is -0.690. The third-order valence-electron chi connectivity index (χ3n) is 3.93. The first kappa shape index (κ1) is 13.3. The highest BCUT2D eigenvalue weighted by atomic mass is 32.2. The highest BCUT2D eigenvalue weighted by Gasteiger charge is 2.52. The van der Waals surface area contributed by atoms with E-state index in [4.69, 9.17) is 4.74 Å². The summed E-state index contributed by atoms with van der Waals surface area (Å²) in [5, 5.41) is 1.80. The molecule has 1 aliphatic carbocycles. The van der Waals surface area contributed by atoms with Crippen molar-refractivity contribution in [3.8, 4) is 0 Å². The molecular formula is C13H17NO3S2. The summed E-state index contributed by atoms with van der Waals surface area (Å²) in [7, 11) is -3.34. The number of ether oxygens (including phenoxy) is 1. The molecule has 104 valence electrons. The Morgan fingerprint density at radius 3 is 3.05 bits per heavy atom. The molecule has 2 heterocycles. The Kier molecular flexibility index (Phi) is 3.51. The molecule has 0 aromatic carbocycles. The molecule has 0 unspecified atom stereocenters. The maximum Gasteiger partial charge on any atom is 0.252 e. The Labute approximate surface area is 117 Å². The zero-order valence-corrected chi connectivity index (χ0v) is 12.2. The molecule has 2 bridgehead atoms. The van der Waals surface area contributed by atoms with Crippen LogP contribution >= 0.6 is 11.3 Å². The molecular weight excluding hydrogens is 282 g/mol. The number of sulfonamides is 1. The quantitative estimate of drug-likeness (QED) is 0.782. The molecule has 3 rings (SSSR count). The smallest absolute Gasteiger partial charge is 0.252 e. The zero-order valence-electron chi connectivity index (χ0n) is 10.6. The SMILES string of the molecule is C=CCO[C@H]1[C@H]2CC[C@H]1N(S(=O)(=O)c1cccs1)C2. The van der Waals surface area contributed by atoms with Crippen LogP contribution in [-0.4, -0.2) is 38.0 Å². The van der Waals surface area contributed by atoms with Crippen LogP contribution in [0.25, 0.3) is 0 Å². The summed E-state index contributed by atoms with van der Waals surface area (Å²) in [6.07, 6.45) is 3.71. The van der Waals surface area contributed by atoms with Gasteiger partial charge in [0.1, 0.15) is 4.21 Å². The summed E-state index contributed by atoms with van der Waals surface area (Å²) in [4.78, 5) is 0.